The van der Waals surface area contributed by atoms with E-state index in [2.05, 4.69) is 5.32 Å². The third-order valence-electron chi connectivity index (χ3n) is 6.55. The van der Waals surface area contributed by atoms with Crippen LogP contribution in [0.3, 0.4) is 0 Å². The highest BCUT2D eigenvalue weighted by Gasteiger charge is 2.32. The van der Waals surface area contributed by atoms with Gasteiger partial charge in [0.1, 0.15) is 24.2 Å². The van der Waals surface area contributed by atoms with Gasteiger partial charge in [0.2, 0.25) is 11.8 Å². The van der Waals surface area contributed by atoms with Crippen LogP contribution in [-0.4, -0.2) is 50.9 Å². The normalized spacial score (nSPS) is 11.9. The minimum absolute atomic E-state index is 0.0614. The molecule has 10 heteroatoms. The van der Waals surface area contributed by atoms with Crippen molar-refractivity contribution in [3.63, 3.8) is 0 Å². The van der Waals surface area contributed by atoms with Gasteiger partial charge in [0.05, 0.1) is 17.2 Å². The molecule has 0 spiro atoms. The number of ether oxygens (including phenoxy) is 1. The summed E-state index contributed by atoms with van der Waals surface area (Å²) >= 11 is 0. The van der Waals surface area contributed by atoms with Crippen LogP contribution in [0, 0.1) is 12.7 Å². The van der Waals surface area contributed by atoms with E-state index in [0.29, 0.717) is 18.9 Å². The zero-order valence-electron chi connectivity index (χ0n) is 24.0. The molecule has 220 valence electrons. The van der Waals surface area contributed by atoms with E-state index in [-0.39, 0.29) is 23.0 Å². The van der Waals surface area contributed by atoms with Gasteiger partial charge in [-0.25, -0.2) is 12.8 Å². The van der Waals surface area contributed by atoms with Crippen LogP contribution < -0.4 is 14.4 Å². The average Bonchev–Trinajstić information content (AvgIpc) is 2.95. The molecule has 0 heterocycles. The molecule has 0 radical (unpaired) electrons. The molecule has 1 unspecified atom stereocenters. The van der Waals surface area contributed by atoms with Gasteiger partial charge in [-0.2, -0.15) is 0 Å². The van der Waals surface area contributed by atoms with Gasteiger partial charge in [0, 0.05) is 13.1 Å². The molecule has 0 aliphatic rings. The summed E-state index contributed by atoms with van der Waals surface area (Å²) in [6, 6.07) is 17.4. The zero-order chi connectivity index (χ0) is 30.0. The summed E-state index contributed by atoms with van der Waals surface area (Å²) in [4.78, 5) is 28.3. The third kappa shape index (κ3) is 8.53. The lowest BCUT2D eigenvalue weighted by atomic mass is 10.1. The Bertz CT molecular complexity index is 1410. The maximum atomic E-state index is 13.9. The smallest absolute Gasteiger partial charge is 0.264 e. The lowest BCUT2D eigenvalue weighted by Crippen LogP contribution is -2.51. The quantitative estimate of drug-likeness (QED) is 0.268. The maximum Gasteiger partial charge on any atom is 0.264 e. The summed E-state index contributed by atoms with van der Waals surface area (Å²) in [6.07, 6.45) is 1.69. The zero-order valence-corrected chi connectivity index (χ0v) is 24.8. The number of hydrogen-bond donors (Lipinski definition) is 1. The summed E-state index contributed by atoms with van der Waals surface area (Å²) in [5, 5.41) is 2.86. The molecule has 41 heavy (non-hydrogen) atoms. The first-order chi connectivity index (χ1) is 19.6. The SMILES string of the molecule is CCCCNC(=O)C(C)N(Cc1cccc(C)c1)C(=O)CN(c1ccc(F)cc1)S(=O)(=O)c1ccc(OCC)cc1. The summed E-state index contributed by atoms with van der Waals surface area (Å²) in [5.74, 6) is -0.953. The Morgan fingerprint density at radius 2 is 1.68 bits per heavy atom. The van der Waals surface area contributed by atoms with E-state index >= 15 is 0 Å². The fourth-order valence-corrected chi connectivity index (χ4v) is 5.68. The van der Waals surface area contributed by atoms with Crippen molar-refractivity contribution in [1.82, 2.24) is 10.2 Å². The number of carbonyl (C=O) groups excluding carboxylic acids is 2. The molecule has 0 aromatic heterocycles. The van der Waals surface area contributed by atoms with E-state index < -0.39 is 34.3 Å². The number of hydrogen-bond acceptors (Lipinski definition) is 5. The van der Waals surface area contributed by atoms with Crippen LogP contribution in [0.5, 0.6) is 5.75 Å². The van der Waals surface area contributed by atoms with Crippen LogP contribution in [-0.2, 0) is 26.2 Å². The second kappa shape index (κ2) is 14.6. The Morgan fingerprint density at radius 3 is 2.29 bits per heavy atom. The molecule has 0 aliphatic carbocycles. The number of rotatable bonds is 14. The highest BCUT2D eigenvalue weighted by atomic mass is 32.2. The van der Waals surface area contributed by atoms with E-state index in [1.807, 2.05) is 45.0 Å². The van der Waals surface area contributed by atoms with Crippen molar-refractivity contribution in [2.45, 2.75) is 58.0 Å². The molecule has 1 N–H and O–H groups in total. The topological polar surface area (TPSA) is 96.0 Å². The molecule has 0 bridgehead atoms. The highest BCUT2D eigenvalue weighted by Crippen LogP contribution is 2.26. The minimum atomic E-state index is -4.26. The number of carbonyl (C=O) groups is 2. The second-order valence-electron chi connectivity index (χ2n) is 9.72. The van der Waals surface area contributed by atoms with Crippen molar-refractivity contribution in [1.29, 1.82) is 0 Å². The van der Waals surface area contributed by atoms with Crippen molar-refractivity contribution in [2.24, 2.45) is 0 Å². The lowest BCUT2D eigenvalue weighted by Gasteiger charge is -2.32. The van der Waals surface area contributed by atoms with Gasteiger partial charge in [-0.05, 0) is 81.3 Å². The van der Waals surface area contributed by atoms with Crippen molar-refractivity contribution < 1.29 is 27.1 Å². The van der Waals surface area contributed by atoms with E-state index in [1.54, 1.807) is 6.92 Å². The van der Waals surface area contributed by atoms with Gasteiger partial charge in [0.15, 0.2) is 0 Å². The van der Waals surface area contributed by atoms with E-state index in [4.69, 9.17) is 4.74 Å². The van der Waals surface area contributed by atoms with Gasteiger partial charge in [-0.3, -0.25) is 13.9 Å². The van der Waals surface area contributed by atoms with Crippen molar-refractivity contribution in [3.8, 4) is 5.75 Å². The number of anilines is 1. The Balaban J connectivity index is 1.99. The second-order valence-corrected chi connectivity index (χ2v) is 11.6. The molecular weight excluding hydrogens is 545 g/mol. The Morgan fingerprint density at radius 1 is 1.00 bits per heavy atom. The predicted octanol–water partition coefficient (Wildman–Crippen LogP) is 5.06. The van der Waals surface area contributed by atoms with Crippen LogP contribution in [0.4, 0.5) is 10.1 Å². The highest BCUT2D eigenvalue weighted by molar-refractivity contribution is 7.92. The molecule has 3 aromatic carbocycles. The van der Waals surface area contributed by atoms with Gasteiger partial charge in [-0.1, -0.05) is 43.2 Å². The number of aryl methyl sites for hydroxylation is 1. The molecule has 0 saturated heterocycles. The first-order valence-corrected chi connectivity index (χ1v) is 15.1. The first kappa shape index (κ1) is 31.6. The minimum Gasteiger partial charge on any atom is -0.494 e. The van der Waals surface area contributed by atoms with Gasteiger partial charge < -0.3 is 15.0 Å². The van der Waals surface area contributed by atoms with Crippen molar-refractivity contribution in [3.05, 3.63) is 89.7 Å². The van der Waals surface area contributed by atoms with Gasteiger partial charge in [0.25, 0.3) is 10.0 Å². The summed E-state index contributed by atoms with van der Waals surface area (Å²) < 4.78 is 47.9. The van der Waals surface area contributed by atoms with E-state index in [9.17, 15) is 22.4 Å². The number of benzene rings is 3. The standard InChI is InChI=1S/C31H38FN3O5S/c1-5-7-19-33-31(37)24(4)34(21-25-10-8-9-23(3)20-25)30(36)22-35(27-13-11-26(32)12-14-27)41(38,39)29-17-15-28(16-18-29)40-6-2/h8-18,20,24H,5-7,19,21-22H2,1-4H3,(H,33,37). The van der Waals surface area contributed by atoms with Crippen LogP contribution in [0.25, 0.3) is 0 Å². The Labute approximate surface area is 242 Å². The largest absolute Gasteiger partial charge is 0.494 e. The molecule has 0 saturated carbocycles. The molecule has 1 atom stereocenters. The summed E-state index contributed by atoms with van der Waals surface area (Å²) in [5.41, 5.74) is 1.90. The lowest BCUT2D eigenvalue weighted by molar-refractivity contribution is -0.139. The summed E-state index contributed by atoms with van der Waals surface area (Å²) in [7, 11) is -4.26. The Kier molecular flexibility index (Phi) is 11.3. The van der Waals surface area contributed by atoms with Crippen molar-refractivity contribution in [2.75, 3.05) is 24.0 Å². The third-order valence-corrected chi connectivity index (χ3v) is 8.34. The summed E-state index contributed by atoms with van der Waals surface area (Å²) in [6.45, 7) is 7.78. The van der Waals surface area contributed by atoms with Crippen molar-refractivity contribution >= 4 is 27.5 Å². The monoisotopic (exact) mass is 583 g/mol. The molecule has 8 nitrogen and oxygen atoms in total. The first-order valence-electron chi connectivity index (χ1n) is 13.7. The van der Waals surface area contributed by atoms with Crippen LogP contribution >= 0.6 is 0 Å². The average molecular weight is 584 g/mol. The number of unbranched alkanes of at least 4 members (excludes halogenated alkanes) is 1. The predicted molar refractivity (Wildman–Crippen MR) is 158 cm³/mol. The molecule has 3 aromatic rings. The number of sulfonamides is 1. The fourth-order valence-electron chi connectivity index (χ4n) is 4.26. The number of amides is 2. The molecular formula is C31H38FN3O5S. The van der Waals surface area contributed by atoms with Crippen LogP contribution in [0.2, 0.25) is 0 Å². The molecule has 0 aliphatic heterocycles. The number of nitrogens with one attached hydrogen (secondary N) is 1. The van der Waals surface area contributed by atoms with Crippen LogP contribution in [0.1, 0.15) is 44.7 Å². The fraction of sp³-hybridized carbons (Fsp3) is 0.355. The van der Waals surface area contributed by atoms with Gasteiger partial charge in [-0.15, -0.1) is 0 Å². The van der Waals surface area contributed by atoms with Crippen LogP contribution in [0.15, 0.2) is 77.7 Å². The van der Waals surface area contributed by atoms with E-state index in [1.165, 1.54) is 41.3 Å². The Hall–Kier alpha value is -3.92. The maximum absolute atomic E-state index is 13.9. The van der Waals surface area contributed by atoms with Gasteiger partial charge >= 0.3 is 0 Å². The number of halogens is 1. The molecule has 0 fully saturated rings. The molecule has 3 rings (SSSR count). The van der Waals surface area contributed by atoms with E-state index in [0.717, 1.165) is 40.4 Å². The number of nitrogens with zero attached hydrogens (tertiary/aromatic N) is 2. The molecule has 2 amide bonds.